The minimum absolute atomic E-state index is 0.00709. The fourth-order valence-corrected chi connectivity index (χ4v) is 5.13. The second-order valence-electron chi connectivity index (χ2n) is 7.33. The van der Waals surface area contributed by atoms with Crippen LogP contribution in [-0.2, 0) is 19.4 Å². The zero-order valence-electron chi connectivity index (χ0n) is 15.3. The summed E-state index contributed by atoms with van der Waals surface area (Å²) in [5, 5.41) is 4.09. The van der Waals surface area contributed by atoms with Gasteiger partial charge < -0.3 is 19.7 Å². The molecule has 0 spiro atoms. The van der Waals surface area contributed by atoms with E-state index >= 15 is 0 Å². The van der Waals surface area contributed by atoms with Gasteiger partial charge in [0, 0.05) is 48.5 Å². The number of amides is 2. The molecule has 3 aliphatic rings. The molecule has 1 saturated heterocycles. The van der Waals surface area contributed by atoms with E-state index in [9.17, 15) is 18.0 Å². The third-order valence-corrected chi connectivity index (χ3v) is 6.76. The molecule has 9 heteroatoms. The van der Waals surface area contributed by atoms with Crippen LogP contribution in [0, 0.1) is 11.8 Å². The summed E-state index contributed by atoms with van der Waals surface area (Å²) >= 11 is 0. The maximum Gasteiger partial charge on any atom is 0.231 e. The average molecular weight is 406 g/mol. The predicted molar refractivity (Wildman–Crippen MR) is 102 cm³/mol. The maximum atomic E-state index is 12.5. The number of hydrogen-bond acceptors (Lipinski definition) is 6. The lowest BCUT2D eigenvalue weighted by atomic mass is 9.95. The summed E-state index contributed by atoms with van der Waals surface area (Å²) in [5.41, 5.74) is 0.655. The molecule has 1 aromatic rings. The molecule has 1 N–H and O–H groups in total. The monoisotopic (exact) mass is 406 g/mol. The quantitative estimate of drug-likeness (QED) is 0.814. The summed E-state index contributed by atoms with van der Waals surface area (Å²) in [6.45, 7) is 1.18. The fourth-order valence-electron chi connectivity index (χ4n) is 3.73. The van der Waals surface area contributed by atoms with Crippen molar-refractivity contribution in [1.29, 1.82) is 0 Å². The van der Waals surface area contributed by atoms with Gasteiger partial charge >= 0.3 is 0 Å². The van der Waals surface area contributed by atoms with Crippen LogP contribution in [0.5, 0.6) is 11.5 Å². The number of allylic oxidation sites excluding steroid dienone is 1. The summed E-state index contributed by atoms with van der Waals surface area (Å²) in [7, 11) is -3.15. The van der Waals surface area contributed by atoms with E-state index < -0.39 is 9.84 Å². The molecule has 0 aliphatic carbocycles. The molecule has 0 bridgehead atoms. The smallest absolute Gasteiger partial charge is 0.231 e. The van der Waals surface area contributed by atoms with Gasteiger partial charge in [-0.3, -0.25) is 9.59 Å². The van der Waals surface area contributed by atoms with Crippen molar-refractivity contribution in [3.63, 3.8) is 0 Å². The number of carbonyl (C=O) groups is 2. The third-order valence-electron chi connectivity index (χ3n) is 5.30. The first-order valence-corrected chi connectivity index (χ1v) is 11.0. The van der Waals surface area contributed by atoms with E-state index in [-0.39, 0.29) is 42.6 Å². The Bertz CT molecular complexity index is 918. The van der Waals surface area contributed by atoms with Crippen molar-refractivity contribution in [2.24, 2.45) is 11.8 Å². The fraction of sp³-hybridized carbons (Fsp3) is 0.474. The number of nitrogens with one attached hydrogen (secondary N) is 1. The zero-order chi connectivity index (χ0) is 19.7. The second kappa shape index (κ2) is 7.46. The first-order valence-electron chi connectivity index (χ1n) is 9.29. The molecule has 2 amide bonds. The van der Waals surface area contributed by atoms with Gasteiger partial charge in [-0.2, -0.15) is 0 Å². The first-order chi connectivity index (χ1) is 13.4. The SMILES string of the molecule is O=C(Nc1ccc2c(c1)OCO2)C1CCN(C(=O)C[C@H]2C=CS(=O)(=O)C2)CC1. The third kappa shape index (κ3) is 4.14. The van der Waals surface area contributed by atoms with Crippen LogP contribution in [0.2, 0.25) is 0 Å². The van der Waals surface area contributed by atoms with E-state index in [4.69, 9.17) is 9.47 Å². The van der Waals surface area contributed by atoms with E-state index in [2.05, 4.69) is 5.32 Å². The highest BCUT2D eigenvalue weighted by Gasteiger charge is 2.30. The van der Waals surface area contributed by atoms with Crippen LogP contribution in [-0.4, -0.2) is 50.8 Å². The van der Waals surface area contributed by atoms with Crippen molar-refractivity contribution in [1.82, 2.24) is 4.90 Å². The van der Waals surface area contributed by atoms with Crippen LogP contribution in [0.1, 0.15) is 19.3 Å². The molecule has 0 radical (unpaired) electrons. The van der Waals surface area contributed by atoms with Gasteiger partial charge in [0.25, 0.3) is 0 Å². The standard InChI is InChI=1S/C19H22N2O6S/c22-18(9-13-5-8-28(24,25)11-13)21-6-3-14(4-7-21)19(23)20-15-1-2-16-17(10-15)27-12-26-16/h1-2,5,8,10,13-14H,3-4,6-7,9,11-12H2,(H,20,23)/t13-/m1/s1. The summed E-state index contributed by atoms with van der Waals surface area (Å²) in [5.74, 6) is 0.742. The number of benzene rings is 1. The molecule has 4 rings (SSSR count). The van der Waals surface area contributed by atoms with Crippen molar-refractivity contribution in [3.8, 4) is 11.5 Å². The number of fused-ring (bicyclic) bond motifs is 1. The van der Waals surface area contributed by atoms with Crippen LogP contribution in [0.3, 0.4) is 0 Å². The number of rotatable bonds is 4. The predicted octanol–water partition coefficient (Wildman–Crippen LogP) is 1.54. The van der Waals surface area contributed by atoms with E-state index in [0.717, 1.165) is 0 Å². The molecule has 28 heavy (non-hydrogen) atoms. The van der Waals surface area contributed by atoms with Gasteiger partial charge in [0.2, 0.25) is 18.6 Å². The van der Waals surface area contributed by atoms with Crippen molar-refractivity contribution < 1.29 is 27.5 Å². The number of anilines is 1. The Hall–Kier alpha value is -2.55. The van der Waals surface area contributed by atoms with Gasteiger partial charge in [0.15, 0.2) is 21.3 Å². The molecular weight excluding hydrogens is 384 g/mol. The van der Waals surface area contributed by atoms with Crippen LogP contribution < -0.4 is 14.8 Å². The van der Waals surface area contributed by atoms with Gasteiger partial charge in [-0.15, -0.1) is 0 Å². The second-order valence-corrected chi connectivity index (χ2v) is 9.27. The highest BCUT2D eigenvalue weighted by Crippen LogP contribution is 2.34. The molecule has 3 aliphatic heterocycles. The topological polar surface area (TPSA) is 102 Å². The highest BCUT2D eigenvalue weighted by molar-refractivity contribution is 7.94. The van der Waals surface area contributed by atoms with Crippen LogP contribution in [0.25, 0.3) is 0 Å². The summed E-state index contributed by atoms with van der Waals surface area (Å²) < 4.78 is 33.5. The minimum Gasteiger partial charge on any atom is -0.454 e. The Balaban J connectivity index is 1.26. The number of carbonyl (C=O) groups excluding carboxylic acids is 2. The number of ether oxygens (including phenoxy) is 2. The Labute approximate surface area is 163 Å². The van der Waals surface area contributed by atoms with Crippen LogP contribution in [0.15, 0.2) is 29.7 Å². The summed E-state index contributed by atoms with van der Waals surface area (Å²) in [6, 6.07) is 5.27. The summed E-state index contributed by atoms with van der Waals surface area (Å²) in [6.07, 6.45) is 2.96. The normalized spacial score (nSPS) is 23.0. The molecule has 0 saturated carbocycles. The zero-order valence-corrected chi connectivity index (χ0v) is 16.1. The maximum absolute atomic E-state index is 12.5. The van der Waals surface area contributed by atoms with Gasteiger partial charge in [-0.05, 0) is 25.0 Å². The van der Waals surface area contributed by atoms with Crippen molar-refractivity contribution in [2.45, 2.75) is 19.3 Å². The minimum atomic E-state index is -3.15. The van der Waals surface area contributed by atoms with Crippen molar-refractivity contribution >= 4 is 27.3 Å². The Morgan fingerprint density at radius 1 is 1.14 bits per heavy atom. The Morgan fingerprint density at radius 3 is 2.61 bits per heavy atom. The molecule has 1 atom stereocenters. The van der Waals surface area contributed by atoms with Gasteiger partial charge in [-0.25, -0.2) is 8.42 Å². The van der Waals surface area contributed by atoms with Crippen LogP contribution in [0.4, 0.5) is 5.69 Å². The number of nitrogens with zero attached hydrogens (tertiary/aromatic N) is 1. The first kappa shape index (κ1) is 18.8. The molecule has 8 nitrogen and oxygen atoms in total. The molecule has 0 aromatic heterocycles. The van der Waals surface area contributed by atoms with Crippen molar-refractivity contribution in [3.05, 3.63) is 29.7 Å². The van der Waals surface area contributed by atoms with E-state index in [1.807, 2.05) is 0 Å². The average Bonchev–Trinajstić information content (AvgIpc) is 3.27. The van der Waals surface area contributed by atoms with Gasteiger partial charge in [-0.1, -0.05) is 6.08 Å². The number of likely N-dealkylation sites (tertiary alicyclic amines) is 1. The molecular formula is C19H22N2O6S. The number of piperidine rings is 1. The van der Waals surface area contributed by atoms with E-state index in [1.54, 1.807) is 29.2 Å². The Morgan fingerprint density at radius 2 is 1.89 bits per heavy atom. The molecule has 3 heterocycles. The van der Waals surface area contributed by atoms with E-state index in [1.165, 1.54) is 5.41 Å². The molecule has 1 fully saturated rings. The lowest BCUT2D eigenvalue weighted by Crippen LogP contribution is -2.42. The number of hydrogen-bond donors (Lipinski definition) is 1. The lowest BCUT2D eigenvalue weighted by molar-refractivity contribution is -0.135. The van der Waals surface area contributed by atoms with Crippen molar-refractivity contribution in [2.75, 3.05) is 31.0 Å². The molecule has 150 valence electrons. The molecule has 0 unspecified atom stereocenters. The Kier molecular flexibility index (Phi) is 5.01. The molecule has 1 aromatic carbocycles. The van der Waals surface area contributed by atoms with Gasteiger partial charge in [0.05, 0.1) is 5.75 Å². The van der Waals surface area contributed by atoms with Crippen LogP contribution >= 0.6 is 0 Å². The highest BCUT2D eigenvalue weighted by atomic mass is 32.2. The summed E-state index contributed by atoms with van der Waals surface area (Å²) in [4.78, 5) is 26.7. The number of sulfone groups is 1. The van der Waals surface area contributed by atoms with E-state index in [0.29, 0.717) is 43.1 Å². The lowest BCUT2D eigenvalue weighted by Gasteiger charge is -2.32. The van der Waals surface area contributed by atoms with Gasteiger partial charge in [0.1, 0.15) is 0 Å². The largest absolute Gasteiger partial charge is 0.454 e.